The van der Waals surface area contributed by atoms with Gasteiger partial charge in [-0.3, -0.25) is 14.2 Å². The maximum atomic E-state index is 13.1. The van der Waals surface area contributed by atoms with Crippen LogP contribution < -0.4 is 10.9 Å². The number of rotatable bonds is 5. The molecule has 148 valence electrons. The third kappa shape index (κ3) is 3.84. The molecule has 3 aromatic heterocycles. The normalized spacial score (nSPS) is 11.1. The number of anilines is 1. The number of hydrogen-bond acceptors (Lipinski definition) is 6. The summed E-state index contributed by atoms with van der Waals surface area (Å²) in [5, 5.41) is 8.95. The van der Waals surface area contributed by atoms with E-state index in [9.17, 15) is 9.59 Å². The van der Waals surface area contributed by atoms with Crippen molar-refractivity contribution in [2.45, 2.75) is 33.7 Å². The topological polar surface area (TPSA) is 90.0 Å². The fraction of sp³-hybridized carbons (Fsp3) is 0.238. The summed E-state index contributed by atoms with van der Waals surface area (Å²) < 4.78 is 6.41. The number of benzene rings is 1. The van der Waals surface area contributed by atoms with E-state index in [1.807, 2.05) is 11.4 Å². The number of carbonyl (C=O) groups excluding carboxylic acids is 1. The van der Waals surface area contributed by atoms with Crippen LogP contribution in [-0.2, 0) is 11.3 Å². The summed E-state index contributed by atoms with van der Waals surface area (Å²) in [6, 6.07) is 7.80. The fourth-order valence-electron chi connectivity index (χ4n) is 3.10. The first-order valence-electron chi connectivity index (χ1n) is 9.20. The van der Waals surface area contributed by atoms with E-state index in [0.717, 1.165) is 11.1 Å². The molecule has 4 rings (SSSR count). The average Bonchev–Trinajstić information content (AvgIpc) is 3.30. The maximum absolute atomic E-state index is 13.1. The second kappa shape index (κ2) is 7.63. The van der Waals surface area contributed by atoms with Crippen LogP contribution in [0, 0.1) is 20.8 Å². The molecule has 3 heterocycles. The molecule has 4 aromatic rings. The first kappa shape index (κ1) is 19.1. The van der Waals surface area contributed by atoms with Crippen LogP contribution in [0.4, 0.5) is 5.82 Å². The molecule has 0 aliphatic carbocycles. The molecule has 0 aliphatic rings. The average molecular weight is 408 g/mol. The van der Waals surface area contributed by atoms with Gasteiger partial charge >= 0.3 is 0 Å². The Morgan fingerprint density at radius 1 is 1.21 bits per heavy atom. The van der Waals surface area contributed by atoms with Crippen LogP contribution in [0.2, 0.25) is 0 Å². The Kier molecular flexibility index (Phi) is 5.02. The summed E-state index contributed by atoms with van der Waals surface area (Å²) in [6.45, 7) is 6.09. The van der Waals surface area contributed by atoms with Gasteiger partial charge in [0.25, 0.3) is 5.56 Å². The lowest BCUT2D eigenvalue weighted by Gasteiger charge is -2.07. The minimum Gasteiger partial charge on any atom is -0.360 e. The van der Waals surface area contributed by atoms with Gasteiger partial charge in [-0.2, -0.15) is 0 Å². The Bertz CT molecular complexity index is 1270. The highest BCUT2D eigenvalue weighted by Gasteiger charge is 2.15. The molecule has 1 aromatic carbocycles. The molecule has 0 bridgehead atoms. The van der Waals surface area contributed by atoms with Crippen LogP contribution in [0.1, 0.15) is 23.3 Å². The van der Waals surface area contributed by atoms with Gasteiger partial charge in [-0.05, 0) is 37.5 Å². The molecule has 7 nitrogen and oxygen atoms in total. The maximum Gasteiger partial charge on any atom is 0.262 e. The van der Waals surface area contributed by atoms with Gasteiger partial charge in [-0.1, -0.05) is 23.4 Å². The molecule has 29 heavy (non-hydrogen) atoms. The van der Waals surface area contributed by atoms with Crippen molar-refractivity contribution in [3.63, 3.8) is 0 Å². The van der Waals surface area contributed by atoms with Gasteiger partial charge in [0.15, 0.2) is 5.82 Å². The van der Waals surface area contributed by atoms with Gasteiger partial charge in [0.1, 0.15) is 10.6 Å². The number of aromatic nitrogens is 3. The predicted molar refractivity (Wildman–Crippen MR) is 113 cm³/mol. The number of carbonyl (C=O) groups is 1. The highest BCUT2D eigenvalue weighted by molar-refractivity contribution is 7.17. The van der Waals surface area contributed by atoms with Crippen LogP contribution in [0.15, 0.2) is 45.3 Å². The lowest BCUT2D eigenvalue weighted by Crippen LogP contribution is -2.23. The zero-order valence-corrected chi connectivity index (χ0v) is 17.2. The first-order chi connectivity index (χ1) is 13.9. The number of thiophene rings is 1. The largest absolute Gasteiger partial charge is 0.360 e. The van der Waals surface area contributed by atoms with Gasteiger partial charge in [-0.15, -0.1) is 11.3 Å². The Morgan fingerprint density at radius 3 is 2.76 bits per heavy atom. The summed E-state index contributed by atoms with van der Waals surface area (Å²) in [4.78, 5) is 30.3. The molecule has 0 spiro atoms. The van der Waals surface area contributed by atoms with Crippen molar-refractivity contribution in [3.8, 4) is 11.1 Å². The predicted octanol–water partition coefficient (Wildman–Crippen LogP) is 4.07. The number of aryl methyl sites for hydroxylation is 4. The highest BCUT2D eigenvalue weighted by atomic mass is 32.1. The van der Waals surface area contributed by atoms with Gasteiger partial charge in [0, 0.05) is 30.0 Å². The van der Waals surface area contributed by atoms with E-state index in [4.69, 9.17) is 4.52 Å². The van der Waals surface area contributed by atoms with Gasteiger partial charge in [-0.25, -0.2) is 4.98 Å². The second-order valence-corrected chi connectivity index (χ2v) is 7.85. The van der Waals surface area contributed by atoms with Crippen molar-refractivity contribution in [2.24, 2.45) is 0 Å². The van der Waals surface area contributed by atoms with Crippen molar-refractivity contribution in [3.05, 3.63) is 63.2 Å². The lowest BCUT2D eigenvalue weighted by atomic mass is 10.0. The van der Waals surface area contributed by atoms with E-state index in [1.54, 1.807) is 13.0 Å². The third-order valence-electron chi connectivity index (χ3n) is 4.85. The van der Waals surface area contributed by atoms with Gasteiger partial charge in [0.2, 0.25) is 5.91 Å². The molecular weight excluding hydrogens is 388 g/mol. The second-order valence-electron chi connectivity index (χ2n) is 6.99. The zero-order chi connectivity index (χ0) is 20.5. The van der Waals surface area contributed by atoms with Gasteiger partial charge in [0.05, 0.1) is 11.7 Å². The number of nitrogens with one attached hydrogen (secondary N) is 1. The molecule has 0 saturated carbocycles. The van der Waals surface area contributed by atoms with Crippen LogP contribution in [0.25, 0.3) is 21.3 Å². The molecule has 0 radical (unpaired) electrons. The summed E-state index contributed by atoms with van der Waals surface area (Å²) in [7, 11) is 0. The first-order valence-corrected chi connectivity index (χ1v) is 10.1. The van der Waals surface area contributed by atoms with Crippen molar-refractivity contribution in [1.82, 2.24) is 14.7 Å². The number of nitrogens with zero attached hydrogens (tertiary/aromatic N) is 3. The number of fused-ring (bicyclic) bond motifs is 1. The smallest absolute Gasteiger partial charge is 0.262 e. The van der Waals surface area contributed by atoms with E-state index in [0.29, 0.717) is 21.8 Å². The minimum atomic E-state index is -0.245. The quantitative estimate of drug-likeness (QED) is 0.538. The van der Waals surface area contributed by atoms with Crippen LogP contribution >= 0.6 is 11.3 Å². The van der Waals surface area contributed by atoms with Crippen molar-refractivity contribution in [2.75, 3.05) is 5.32 Å². The van der Waals surface area contributed by atoms with Crippen molar-refractivity contribution in [1.29, 1.82) is 0 Å². The fourth-order valence-corrected chi connectivity index (χ4v) is 4.01. The van der Waals surface area contributed by atoms with E-state index < -0.39 is 0 Å². The van der Waals surface area contributed by atoms with E-state index in [1.165, 1.54) is 33.4 Å². The lowest BCUT2D eigenvalue weighted by molar-refractivity contribution is -0.116. The molecule has 8 heteroatoms. The number of amides is 1. The molecule has 0 atom stereocenters. The standard InChI is InChI=1S/C21H20N4O3S/c1-12-4-5-15(8-13(12)2)16-10-29-20-19(16)21(27)25(11-22-20)7-6-18(26)23-17-9-14(3)28-24-17/h4-5,8-11H,6-7H2,1-3H3,(H,23,24,26). The summed E-state index contributed by atoms with van der Waals surface area (Å²) in [5.41, 5.74) is 4.11. The van der Waals surface area contributed by atoms with E-state index >= 15 is 0 Å². The number of hydrogen-bond donors (Lipinski definition) is 1. The van der Waals surface area contributed by atoms with Gasteiger partial charge < -0.3 is 9.84 Å². The zero-order valence-electron chi connectivity index (χ0n) is 16.4. The molecular formula is C21H20N4O3S. The summed E-state index contributed by atoms with van der Waals surface area (Å²) >= 11 is 1.45. The van der Waals surface area contributed by atoms with Crippen molar-refractivity contribution < 1.29 is 9.32 Å². The summed E-state index contributed by atoms with van der Waals surface area (Å²) in [5.74, 6) is 0.732. The van der Waals surface area contributed by atoms with Crippen LogP contribution in [-0.4, -0.2) is 20.6 Å². The van der Waals surface area contributed by atoms with E-state index in [2.05, 4.69) is 41.4 Å². The van der Waals surface area contributed by atoms with Crippen molar-refractivity contribution >= 4 is 33.3 Å². The monoisotopic (exact) mass is 408 g/mol. The Morgan fingerprint density at radius 2 is 2.03 bits per heavy atom. The van der Waals surface area contributed by atoms with Crippen LogP contribution in [0.3, 0.4) is 0 Å². The molecule has 0 aliphatic heterocycles. The Balaban J connectivity index is 1.59. The Hall–Kier alpha value is -3.26. The summed E-state index contributed by atoms with van der Waals surface area (Å²) in [6.07, 6.45) is 1.63. The molecule has 0 fully saturated rings. The minimum absolute atomic E-state index is 0.127. The molecule has 0 saturated heterocycles. The highest BCUT2D eigenvalue weighted by Crippen LogP contribution is 2.31. The van der Waals surface area contributed by atoms with Crippen LogP contribution in [0.5, 0.6) is 0 Å². The SMILES string of the molecule is Cc1cc(NC(=O)CCn2cnc3scc(-c4ccc(C)c(C)c4)c3c2=O)no1. The molecule has 1 amide bonds. The Labute approximate surface area is 171 Å². The molecule has 1 N–H and O–H groups in total. The van der Waals surface area contributed by atoms with E-state index in [-0.39, 0.29) is 24.4 Å². The molecule has 0 unspecified atom stereocenters. The third-order valence-corrected chi connectivity index (χ3v) is 5.74.